The minimum Gasteiger partial charge on any atom is -0.465 e. The summed E-state index contributed by atoms with van der Waals surface area (Å²) in [5, 5.41) is 0. The van der Waals surface area contributed by atoms with E-state index in [1.165, 1.54) is 11.1 Å². The molecular weight excluding hydrogens is 274 g/mol. The third-order valence-electron chi connectivity index (χ3n) is 4.09. The number of carbonyl (C=O) groups excluding carboxylic acids is 1. The average molecular weight is 295 g/mol. The molecule has 2 aromatic rings. The molecule has 1 heterocycles. The third kappa shape index (κ3) is 3.20. The van der Waals surface area contributed by atoms with Gasteiger partial charge in [-0.25, -0.2) is 0 Å². The first-order valence-corrected chi connectivity index (χ1v) is 7.82. The molecule has 3 heteroatoms. The van der Waals surface area contributed by atoms with Gasteiger partial charge < -0.3 is 4.74 Å². The monoisotopic (exact) mass is 295 g/mol. The summed E-state index contributed by atoms with van der Waals surface area (Å²) in [5.74, 6) is -0.107. The van der Waals surface area contributed by atoms with E-state index in [9.17, 15) is 4.79 Å². The molecule has 1 fully saturated rings. The summed E-state index contributed by atoms with van der Waals surface area (Å²) in [6.45, 7) is 3.16. The molecule has 1 saturated heterocycles. The van der Waals surface area contributed by atoms with Gasteiger partial charge in [0.05, 0.1) is 12.6 Å². The highest BCUT2D eigenvalue weighted by Gasteiger charge is 2.53. The fourth-order valence-electron chi connectivity index (χ4n) is 2.97. The van der Waals surface area contributed by atoms with Crippen molar-refractivity contribution in [2.45, 2.75) is 25.4 Å². The number of hydrogen-bond donors (Lipinski definition) is 0. The van der Waals surface area contributed by atoms with Crippen LogP contribution in [0.15, 0.2) is 60.7 Å². The molecule has 1 unspecified atom stereocenters. The predicted molar refractivity (Wildman–Crippen MR) is 86.5 cm³/mol. The number of rotatable bonds is 6. The number of nitrogens with zero attached hydrogens (tertiary/aromatic N) is 1. The van der Waals surface area contributed by atoms with Crippen LogP contribution in [-0.2, 0) is 16.0 Å². The lowest BCUT2D eigenvalue weighted by atomic mass is 10.1. The van der Waals surface area contributed by atoms with Gasteiger partial charge in [0.1, 0.15) is 6.04 Å². The molecule has 1 aliphatic rings. The Morgan fingerprint density at radius 2 is 1.68 bits per heavy atom. The van der Waals surface area contributed by atoms with E-state index in [1.54, 1.807) is 0 Å². The minimum absolute atomic E-state index is 0.107. The fraction of sp³-hybridized carbons (Fsp3) is 0.316. The first-order chi connectivity index (χ1) is 10.8. The lowest BCUT2D eigenvalue weighted by Gasteiger charge is -2.04. The molecule has 3 nitrogen and oxygen atoms in total. The van der Waals surface area contributed by atoms with Crippen LogP contribution in [-0.4, -0.2) is 30.1 Å². The predicted octanol–water partition coefficient (Wildman–Crippen LogP) is 3.22. The van der Waals surface area contributed by atoms with Crippen LogP contribution < -0.4 is 0 Å². The molecule has 3 atom stereocenters. The van der Waals surface area contributed by atoms with Crippen LogP contribution in [0, 0.1) is 0 Å². The lowest BCUT2D eigenvalue weighted by Crippen LogP contribution is -2.17. The second-order valence-electron chi connectivity index (χ2n) is 5.53. The Kier molecular flexibility index (Phi) is 4.54. The third-order valence-corrected chi connectivity index (χ3v) is 4.09. The molecule has 0 saturated carbocycles. The van der Waals surface area contributed by atoms with Gasteiger partial charge in [-0.05, 0) is 24.5 Å². The van der Waals surface area contributed by atoms with E-state index in [-0.39, 0.29) is 18.1 Å². The van der Waals surface area contributed by atoms with Gasteiger partial charge in [-0.1, -0.05) is 60.7 Å². The normalized spacial score (nSPS) is 23.0. The van der Waals surface area contributed by atoms with E-state index in [2.05, 4.69) is 41.3 Å². The molecule has 22 heavy (non-hydrogen) atoms. The highest BCUT2D eigenvalue weighted by atomic mass is 16.5. The Hall–Kier alpha value is -2.13. The summed E-state index contributed by atoms with van der Waals surface area (Å²) >= 11 is 0. The first kappa shape index (κ1) is 14.8. The van der Waals surface area contributed by atoms with E-state index < -0.39 is 0 Å². The van der Waals surface area contributed by atoms with Crippen LogP contribution in [0.2, 0.25) is 0 Å². The number of esters is 1. The van der Waals surface area contributed by atoms with E-state index in [4.69, 9.17) is 4.74 Å². The van der Waals surface area contributed by atoms with Gasteiger partial charge >= 0.3 is 5.97 Å². The van der Waals surface area contributed by atoms with Crippen molar-refractivity contribution in [2.75, 3.05) is 13.2 Å². The molecule has 0 aliphatic carbocycles. The van der Waals surface area contributed by atoms with Crippen LogP contribution >= 0.6 is 0 Å². The molecule has 0 spiro atoms. The smallest absolute Gasteiger partial charge is 0.325 e. The minimum atomic E-state index is -0.133. The van der Waals surface area contributed by atoms with Crippen molar-refractivity contribution in [1.82, 2.24) is 4.90 Å². The maximum Gasteiger partial charge on any atom is 0.325 e. The van der Waals surface area contributed by atoms with E-state index in [1.807, 2.05) is 31.2 Å². The fourth-order valence-corrected chi connectivity index (χ4v) is 2.97. The first-order valence-electron chi connectivity index (χ1n) is 7.82. The topological polar surface area (TPSA) is 29.3 Å². The van der Waals surface area contributed by atoms with Gasteiger partial charge in [-0.15, -0.1) is 0 Å². The van der Waals surface area contributed by atoms with Crippen LogP contribution in [0.25, 0.3) is 0 Å². The Morgan fingerprint density at radius 1 is 1.05 bits per heavy atom. The van der Waals surface area contributed by atoms with Crippen molar-refractivity contribution in [3.63, 3.8) is 0 Å². The van der Waals surface area contributed by atoms with Crippen LogP contribution in [0.3, 0.4) is 0 Å². The second kappa shape index (κ2) is 6.75. The van der Waals surface area contributed by atoms with Crippen molar-refractivity contribution < 1.29 is 9.53 Å². The van der Waals surface area contributed by atoms with Crippen molar-refractivity contribution in [2.24, 2.45) is 0 Å². The lowest BCUT2D eigenvalue weighted by molar-refractivity contribution is -0.143. The molecule has 0 aromatic heterocycles. The Morgan fingerprint density at radius 3 is 2.32 bits per heavy atom. The van der Waals surface area contributed by atoms with Crippen molar-refractivity contribution in [3.05, 3.63) is 71.8 Å². The zero-order valence-corrected chi connectivity index (χ0v) is 12.8. The highest BCUT2D eigenvalue weighted by molar-refractivity contribution is 5.80. The number of benzene rings is 2. The van der Waals surface area contributed by atoms with Crippen LogP contribution in [0.1, 0.15) is 24.1 Å². The van der Waals surface area contributed by atoms with Crippen LogP contribution in [0.5, 0.6) is 0 Å². The molecule has 0 radical (unpaired) electrons. The van der Waals surface area contributed by atoms with Gasteiger partial charge in [-0.2, -0.15) is 0 Å². The summed E-state index contributed by atoms with van der Waals surface area (Å²) in [5.41, 5.74) is 2.48. The van der Waals surface area contributed by atoms with Gasteiger partial charge in [0.2, 0.25) is 0 Å². The summed E-state index contributed by atoms with van der Waals surface area (Å²) in [6.07, 6.45) is 0.945. The molecule has 2 aromatic carbocycles. The van der Waals surface area contributed by atoms with Gasteiger partial charge in [0.25, 0.3) is 0 Å². The molecule has 1 aliphatic heterocycles. The maximum absolute atomic E-state index is 12.1. The number of carbonyl (C=O) groups is 1. The van der Waals surface area contributed by atoms with Gasteiger partial charge in [-0.3, -0.25) is 9.69 Å². The van der Waals surface area contributed by atoms with Crippen LogP contribution in [0.4, 0.5) is 0 Å². The second-order valence-corrected chi connectivity index (χ2v) is 5.53. The number of ether oxygens (including phenoxy) is 1. The summed E-state index contributed by atoms with van der Waals surface area (Å²) in [4.78, 5) is 14.4. The standard InChI is InChI=1S/C19H21NO2/c1-2-22-19(21)18-17(16-11-7-4-8-12-16)20(18)14-13-15-9-5-3-6-10-15/h3-12,17-18H,2,13-14H2,1H3/t17-,18-,20?/m0/s1. The summed E-state index contributed by atoms with van der Waals surface area (Å²) < 4.78 is 5.22. The van der Waals surface area contributed by atoms with Gasteiger partial charge in [0, 0.05) is 6.54 Å². The Balaban J connectivity index is 1.69. The van der Waals surface area contributed by atoms with Gasteiger partial charge in [0.15, 0.2) is 0 Å². The van der Waals surface area contributed by atoms with Crippen molar-refractivity contribution in [3.8, 4) is 0 Å². The largest absolute Gasteiger partial charge is 0.465 e. The van der Waals surface area contributed by atoms with Crippen molar-refractivity contribution in [1.29, 1.82) is 0 Å². The molecular formula is C19H21NO2. The molecule has 0 N–H and O–H groups in total. The van der Waals surface area contributed by atoms with E-state index >= 15 is 0 Å². The number of hydrogen-bond acceptors (Lipinski definition) is 3. The molecule has 3 rings (SSSR count). The SMILES string of the molecule is CCOC(=O)[C@@H]1[C@H](c2ccccc2)N1CCc1ccccc1. The van der Waals surface area contributed by atoms with E-state index in [0.29, 0.717) is 6.61 Å². The highest BCUT2D eigenvalue weighted by Crippen LogP contribution is 2.43. The Labute approximate surface area is 131 Å². The molecule has 114 valence electrons. The molecule has 0 amide bonds. The quantitative estimate of drug-likeness (QED) is 0.605. The summed E-state index contributed by atoms with van der Waals surface area (Å²) in [6, 6.07) is 20.6. The van der Waals surface area contributed by atoms with E-state index in [0.717, 1.165) is 13.0 Å². The maximum atomic E-state index is 12.1. The molecule has 0 bridgehead atoms. The zero-order valence-electron chi connectivity index (χ0n) is 12.8. The van der Waals surface area contributed by atoms with Crippen molar-refractivity contribution >= 4 is 5.97 Å². The summed E-state index contributed by atoms with van der Waals surface area (Å²) in [7, 11) is 0. The Bertz CT molecular complexity index is 612. The average Bonchev–Trinajstić information content (AvgIpc) is 3.29. The zero-order chi connectivity index (χ0) is 15.4.